The highest BCUT2D eigenvalue weighted by molar-refractivity contribution is 5.31. The third-order valence-electron chi connectivity index (χ3n) is 3.13. The Morgan fingerprint density at radius 3 is 2.67 bits per heavy atom. The lowest BCUT2D eigenvalue weighted by Crippen LogP contribution is -2.11. The quantitative estimate of drug-likeness (QED) is 0.846. The number of hydrogen-bond donors (Lipinski definition) is 1. The van der Waals surface area contributed by atoms with E-state index in [0.29, 0.717) is 11.3 Å². The topological polar surface area (TPSA) is 30.5 Å². The van der Waals surface area contributed by atoms with Gasteiger partial charge >= 0.3 is 0 Å². The van der Waals surface area contributed by atoms with E-state index in [4.69, 9.17) is 9.47 Å². The Bertz CT molecular complexity index is 587. The monoisotopic (exact) mass is 289 g/mol. The minimum Gasteiger partial charge on any atom is -0.497 e. The molecule has 0 amide bonds. The van der Waals surface area contributed by atoms with Crippen molar-refractivity contribution in [2.75, 3.05) is 13.7 Å². The molecule has 3 nitrogen and oxygen atoms in total. The van der Waals surface area contributed by atoms with E-state index in [-0.39, 0.29) is 12.4 Å². The van der Waals surface area contributed by atoms with Crippen LogP contribution in [0.15, 0.2) is 42.5 Å². The van der Waals surface area contributed by atoms with Crippen LogP contribution in [-0.4, -0.2) is 13.7 Å². The van der Waals surface area contributed by atoms with Gasteiger partial charge in [-0.3, -0.25) is 0 Å². The maximum atomic E-state index is 13.8. The molecule has 0 atom stereocenters. The zero-order chi connectivity index (χ0) is 15.1. The Labute approximate surface area is 124 Å². The van der Waals surface area contributed by atoms with Crippen LogP contribution >= 0.6 is 0 Å². The normalized spacial score (nSPS) is 10.4. The maximum Gasteiger partial charge on any atom is 0.133 e. The molecule has 0 aromatic heterocycles. The number of benzene rings is 2. The molecule has 112 valence electrons. The zero-order valence-electron chi connectivity index (χ0n) is 12.4. The molecule has 0 fully saturated rings. The highest BCUT2D eigenvalue weighted by atomic mass is 19.1. The van der Waals surface area contributed by atoms with Crippen molar-refractivity contribution in [3.8, 4) is 11.5 Å². The Morgan fingerprint density at radius 1 is 1.10 bits per heavy atom. The van der Waals surface area contributed by atoms with Gasteiger partial charge in [-0.25, -0.2) is 4.39 Å². The number of hydrogen-bond acceptors (Lipinski definition) is 3. The summed E-state index contributed by atoms with van der Waals surface area (Å²) in [5.41, 5.74) is 1.65. The van der Waals surface area contributed by atoms with Gasteiger partial charge in [-0.1, -0.05) is 19.1 Å². The van der Waals surface area contributed by atoms with Gasteiger partial charge in [-0.05, 0) is 36.4 Å². The summed E-state index contributed by atoms with van der Waals surface area (Å²) in [7, 11) is 1.51. The summed E-state index contributed by atoms with van der Waals surface area (Å²) in [5, 5.41) is 3.26. The van der Waals surface area contributed by atoms with Crippen molar-refractivity contribution in [2.24, 2.45) is 0 Å². The standard InChI is InChI=1S/C17H20FNO2/c1-3-19-11-13-5-4-6-16(9-13)21-12-14-7-8-15(20-2)10-17(14)18/h4-10,19H,3,11-12H2,1-2H3. The van der Waals surface area contributed by atoms with Gasteiger partial charge in [0, 0.05) is 18.2 Å². The van der Waals surface area contributed by atoms with Crippen LogP contribution in [0.5, 0.6) is 11.5 Å². The highest BCUT2D eigenvalue weighted by Crippen LogP contribution is 2.19. The molecule has 1 N–H and O–H groups in total. The summed E-state index contributed by atoms with van der Waals surface area (Å²) < 4.78 is 24.5. The minimum atomic E-state index is -0.321. The third-order valence-corrected chi connectivity index (χ3v) is 3.13. The van der Waals surface area contributed by atoms with Crippen LogP contribution in [0.4, 0.5) is 4.39 Å². The SMILES string of the molecule is CCNCc1cccc(OCc2ccc(OC)cc2F)c1. The van der Waals surface area contributed by atoms with Crippen molar-refractivity contribution >= 4 is 0 Å². The van der Waals surface area contributed by atoms with Crippen LogP contribution in [0.2, 0.25) is 0 Å². The lowest BCUT2D eigenvalue weighted by Gasteiger charge is -2.10. The third kappa shape index (κ3) is 4.46. The predicted molar refractivity (Wildman–Crippen MR) is 81.1 cm³/mol. The van der Waals surface area contributed by atoms with E-state index in [1.54, 1.807) is 12.1 Å². The second-order valence-corrected chi connectivity index (χ2v) is 4.67. The molecule has 0 saturated heterocycles. The molecule has 0 aliphatic carbocycles. The Kier molecular flexibility index (Phi) is 5.58. The molecule has 0 unspecified atom stereocenters. The molecule has 2 aromatic carbocycles. The van der Waals surface area contributed by atoms with Crippen LogP contribution in [0.1, 0.15) is 18.1 Å². The molecule has 0 bridgehead atoms. The average molecular weight is 289 g/mol. The van der Waals surface area contributed by atoms with E-state index in [1.165, 1.54) is 13.2 Å². The second-order valence-electron chi connectivity index (χ2n) is 4.67. The Balaban J connectivity index is 1.99. The van der Waals surface area contributed by atoms with Crippen LogP contribution in [0, 0.1) is 5.82 Å². The van der Waals surface area contributed by atoms with Crippen LogP contribution in [0.25, 0.3) is 0 Å². The average Bonchev–Trinajstić information content (AvgIpc) is 2.52. The molecule has 0 aliphatic rings. The van der Waals surface area contributed by atoms with E-state index in [9.17, 15) is 4.39 Å². The molecular weight excluding hydrogens is 269 g/mol. The summed E-state index contributed by atoms with van der Waals surface area (Å²) in [5.74, 6) is 0.919. The summed E-state index contributed by atoms with van der Waals surface area (Å²) in [6.45, 7) is 3.97. The maximum absolute atomic E-state index is 13.8. The number of ether oxygens (including phenoxy) is 2. The fraction of sp³-hybridized carbons (Fsp3) is 0.294. The fourth-order valence-electron chi connectivity index (χ4n) is 1.95. The molecule has 0 heterocycles. The van der Waals surface area contributed by atoms with Gasteiger partial charge in [0.25, 0.3) is 0 Å². The highest BCUT2D eigenvalue weighted by Gasteiger charge is 2.05. The smallest absolute Gasteiger partial charge is 0.133 e. The molecule has 0 radical (unpaired) electrons. The van der Waals surface area contributed by atoms with Gasteiger partial charge in [-0.2, -0.15) is 0 Å². The van der Waals surface area contributed by atoms with Gasteiger partial charge in [-0.15, -0.1) is 0 Å². The van der Waals surface area contributed by atoms with E-state index in [0.717, 1.165) is 24.4 Å². The van der Waals surface area contributed by atoms with Gasteiger partial charge in [0.1, 0.15) is 23.9 Å². The second kappa shape index (κ2) is 7.64. The molecule has 2 rings (SSSR count). The molecule has 0 spiro atoms. The molecule has 0 aliphatic heterocycles. The fourth-order valence-corrected chi connectivity index (χ4v) is 1.95. The lowest BCUT2D eigenvalue weighted by atomic mass is 10.2. The first-order valence-corrected chi connectivity index (χ1v) is 6.97. The number of halogens is 1. The van der Waals surface area contributed by atoms with Crippen molar-refractivity contribution in [3.05, 3.63) is 59.4 Å². The molecular formula is C17H20FNO2. The summed E-state index contributed by atoms with van der Waals surface area (Å²) in [4.78, 5) is 0. The van der Waals surface area contributed by atoms with Gasteiger partial charge < -0.3 is 14.8 Å². The van der Waals surface area contributed by atoms with Crippen molar-refractivity contribution in [3.63, 3.8) is 0 Å². The zero-order valence-corrected chi connectivity index (χ0v) is 12.4. The Hall–Kier alpha value is -2.07. The van der Waals surface area contributed by atoms with E-state index in [1.807, 2.05) is 24.3 Å². The minimum absolute atomic E-state index is 0.195. The lowest BCUT2D eigenvalue weighted by molar-refractivity contribution is 0.299. The van der Waals surface area contributed by atoms with E-state index in [2.05, 4.69) is 12.2 Å². The molecule has 21 heavy (non-hydrogen) atoms. The van der Waals surface area contributed by atoms with E-state index < -0.39 is 0 Å². The first kappa shape index (κ1) is 15.3. The van der Waals surface area contributed by atoms with Crippen LogP contribution < -0.4 is 14.8 Å². The van der Waals surface area contributed by atoms with Gasteiger partial charge in [0.15, 0.2) is 0 Å². The van der Waals surface area contributed by atoms with Gasteiger partial charge in [0.05, 0.1) is 7.11 Å². The summed E-state index contributed by atoms with van der Waals surface area (Å²) in [6.07, 6.45) is 0. The summed E-state index contributed by atoms with van der Waals surface area (Å²) in [6, 6.07) is 12.6. The first-order chi connectivity index (χ1) is 10.2. The molecule has 4 heteroatoms. The summed E-state index contributed by atoms with van der Waals surface area (Å²) >= 11 is 0. The molecule has 0 saturated carbocycles. The van der Waals surface area contributed by atoms with E-state index >= 15 is 0 Å². The number of rotatable bonds is 7. The number of nitrogens with one attached hydrogen (secondary N) is 1. The Morgan fingerprint density at radius 2 is 1.95 bits per heavy atom. The van der Waals surface area contributed by atoms with Crippen molar-refractivity contribution in [1.82, 2.24) is 5.32 Å². The first-order valence-electron chi connectivity index (χ1n) is 6.97. The predicted octanol–water partition coefficient (Wildman–Crippen LogP) is 3.52. The van der Waals surface area contributed by atoms with Crippen LogP contribution in [-0.2, 0) is 13.2 Å². The van der Waals surface area contributed by atoms with Crippen molar-refractivity contribution in [1.29, 1.82) is 0 Å². The van der Waals surface area contributed by atoms with Gasteiger partial charge in [0.2, 0.25) is 0 Å². The molecule has 2 aromatic rings. The number of methoxy groups -OCH3 is 1. The van der Waals surface area contributed by atoms with Crippen molar-refractivity contribution in [2.45, 2.75) is 20.1 Å². The largest absolute Gasteiger partial charge is 0.497 e. The van der Waals surface area contributed by atoms with Crippen molar-refractivity contribution < 1.29 is 13.9 Å². The van der Waals surface area contributed by atoms with Crippen LogP contribution in [0.3, 0.4) is 0 Å².